The number of allylic oxidation sites excluding steroid dienone is 1. The van der Waals surface area contributed by atoms with Crippen LogP contribution in [0.4, 0.5) is 0 Å². The summed E-state index contributed by atoms with van der Waals surface area (Å²) >= 11 is 0. The van der Waals surface area contributed by atoms with E-state index in [-0.39, 0.29) is 23.1 Å². The van der Waals surface area contributed by atoms with E-state index in [1.165, 1.54) is 31.3 Å². The summed E-state index contributed by atoms with van der Waals surface area (Å²) in [4.78, 5) is 26.0. The van der Waals surface area contributed by atoms with Gasteiger partial charge in [0.15, 0.2) is 0 Å². The molecule has 0 bridgehead atoms. The van der Waals surface area contributed by atoms with E-state index in [4.69, 9.17) is 0 Å². The van der Waals surface area contributed by atoms with Gasteiger partial charge in [-0.25, -0.2) is 0 Å². The number of carbonyl (C=O) groups is 2. The molecule has 1 heterocycles. The maximum atomic E-state index is 12.4. The molecule has 1 spiro atoms. The number of piperidine rings is 1. The number of carbonyl (C=O) groups excluding carboxylic acids is 2. The van der Waals surface area contributed by atoms with Crippen LogP contribution >= 0.6 is 0 Å². The van der Waals surface area contributed by atoms with Gasteiger partial charge in [-0.2, -0.15) is 0 Å². The molecule has 2 aliphatic carbocycles. The number of amides is 2. The molecule has 2 fully saturated rings. The molecule has 0 unspecified atom stereocenters. The zero-order chi connectivity index (χ0) is 17.0. The number of likely N-dealkylation sites (tertiary alicyclic amines) is 1. The van der Waals surface area contributed by atoms with Crippen LogP contribution in [0.3, 0.4) is 0 Å². The van der Waals surface area contributed by atoms with Gasteiger partial charge in [0, 0.05) is 25.6 Å². The van der Waals surface area contributed by atoms with E-state index in [2.05, 4.69) is 23.2 Å². The Kier molecular flexibility index (Phi) is 5.28. The third-order valence-corrected chi connectivity index (χ3v) is 5.91. The summed E-state index contributed by atoms with van der Waals surface area (Å²) in [6, 6.07) is 0. The molecule has 2 amide bonds. The van der Waals surface area contributed by atoms with Crippen molar-refractivity contribution in [3.05, 3.63) is 11.6 Å². The van der Waals surface area contributed by atoms with E-state index in [9.17, 15) is 9.59 Å². The molecule has 1 N–H and O–H groups in total. The lowest BCUT2D eigenvalue weighted by atomic mass is 9.90. The summed E-state index contributed by atoms with van der Waals surface area (Å²) in [6.07, 6.45) is 11.2. The lowest BCUT2D eigenvalue weighted by Gasteiger charge is -2.31. The van der Waals surface area contributed by atoms with Crippen LogP contribution < -0.4 is 5.32 Å². The van der Waals surface area contributed by atoms with Crippen LogP contribution in [0.1, 0.15) is 58.3 Å². The maximum absolute atomic E-state index is 12.4. The van der Waals surface area contributed by atoms with Gasteiger partial charge in [-0.1, -0.05) is 17.6 Å². The molecule has 1 saturated heterocycles. The summed E-state index contributed by atoms with van der Waals surface area (Å²) in [6.45, 7) is 3.94. The Morgan fingerprint density at radius 3 is 2.79 bits per heavy atom. The van der Waals surface area contributed by atoms with E-state index in [0.29, 0.717) is 0 Å². The van der Waals surface area contributed by atoms with E-state index >= 15 is 0 Å². The maximum Gasteiger partial charge on any atom is 0.298 e. The number of hydrogen-bond acceptors (Lipinski definition) is 2. The van der Waals surface area contributed by atoms with Crippen LogP contribution in [0.15, 0.2) is 11.6 Å². The minimum Gasteiger partial charge on any atom is -0.356 e. The fraction of sp³-hybridized carbons (Fsp3) is 0.700. The highest BCUT2D eigenvalue weighted by Crippen LogP contribution is 2.59. The Bertz CT molecular complexity index is 588. The molecule has 0 aromatic carbocycles. The minimum absolute atomic E-state index is 0.0743. The highest BCUT2D eigenvalue weighted by Gasteiger charge is 2.58. The summed E-state index contributed by atoms with van der Waals surface area (Å²) in [7, 11) is 0. The molecule has 3 aliphatic rings. The predicted octanol–water partition coefficient (Wildman–Crippen LogP) is 2.65. The van der Waals surface area contributed by atoms with Gasteiger partial charge in [0.1, 0.15) is 0 Å². The third kappa shape index (κ3) is 3.83. The van der Waals surface area contributed by atoms with Crippen LogP contribution in [0, 0.1) is 23.2 Å². The lowest BCUT2D eigenvalue weighted by Crippen LogP contribution is -2.40. The highest BCUT2D eigenvalue weighted by molar-refractivity contribution is 5.93. The molecule has 1 atom stereocenters. The molecule has 3 rings (SSSR count). The minimum atomic E-state index is -0.0743. The van der Waals surface area contributed by atoms with Gasteiger partial charge in [-0.3, -0.25) is 9.59 Å². The number of nitrogens with zero attached hydrogens (tertiary/aromatic N) is 1. The second-order valence-corrected chi connectivity index (χ2v) is 7.44. The van der Waals surface area contributed by atoms with E-state index in [0.717, 1.165) is 45.3 Å². The van der Waals surface area contributed by atoms with Crippen LogP contribution in [0.2, 0.25) is 0 Å². The Balaban J connectivity index is 1.40. The second kappa shape index (κ2) is 7.42. The molecule has 130 valence electrons. The monoisotopic (exact) mass is 328 g/mol. The zero-order valence-electron chi connectivity index (χ0n) is 14.7. The predicted molar refractivity (Wildman–Crippen MR) is 94.0 cm³/mol. The fourth-order valence-corrected chi connectivity index (χ4v) is 4.21. The van der Waals surface area contributed by atoms with Gasteiger partial charge in [0.2, 0.25) is 5.91 Å². The molecule has 4 nitrogen and oxygen atoms in total. The highest BCUT2D eigenvalue weighted by atomic mass is 16.2. The first kappa shape index (κ1) is 17.1. The molecule has 0 radical (unpaired) electrons. The van der Waals surface area contributed by atoms with Gasteiger partial charge in [0.25, 0.3) is 5.91 Å². The Morgan fingerprint density at radius 2 is 2.12 bits per heavy atom. The van der Waals surface area contributed by atoms with Gasteiger partial charge in [0.05, 0.1) is 0 Å². The van der Waals surface area contributed by atoms with Gasteiger partial charge >= 0.3 is 0 Å². The normalized spacial score (nSPS) is 24.6. The average molecular weight is 328 g/mol. The topological polar surface area (TPSA) is 49.4 Å². The van der Waals surface area contributed by atoms with Crippen molar-refractivity contribution in [1.82, 2.24) is 10.2 Å². The standard InChI is InChI=1S/C20H28N2O2/c1-2-6-18(23)22-13-10-20(11-14-22)15-17(20)19(24)21-12-9-16-7-4-3-5-8-16/h7,17H,3-5,8-15H2,1H3,(H,21,24)/t17-/m0/s1. The Labute approximate surface area is 145 Å². The SMILES string of the molecule is CC#CC(=O)N1CCC2(CC1)C[C@H]2C(=O)NCCC1=CCCCC1. The smallest absolute Gasteiger partial charge is 0.298 e. The van der Waals surface area contributed by atoms with Crippen LogP contribution in [-0.2, 0) is 9.59 Å². The van der Waals surface area contributed by atoms with Crippen molar-refractivity contribution in [3.63, 3.8) is 0 Å². The number of rotatable bonds is 4. The van der Waals surface area contributed by atoms with Crippen molar-refractivity contribution in [1.29, 1.82) is 0 Å². The first-order valence-corrected chi connectivity index (χ1v) is 9.32. The van der Waals surface area contributed by atoms with E-state index in [1.807, 2.05) is 4.90 Å². The Morgan fingerprint density at radius 1 is 1.33 bits per heavy atom. The first-order chi connectivity index (χ1) is 11.6. The van der Waals surface area contributed by atoms with Crippen LogP contribution in [-0.4, -0.2) is 36.3 Å². The van der Waals surface area contributed by atoms with Gasteiger partial charge < -0.3 is 10.2 Å². The molecule has 4 heteroatoms. The number of nitrogens with one attached hydrogen (secondary N) is 1. The summed E-state index contributed by atoms with van der Waals surface area (Å²) in [5.74, 6) is 5.58. The molecular weight excluding hydrogens is 300 g/mol. The molecule has 1 aliphatic heterocycles. The molecule has 24 heavy (non-hydrogen) atoms. The third-order valence-electron chi connectivity index (χ3n) is 5.91. The molecule has 1 saturated carbocycles. The van der Waals surface area contributed by atoms with Gasteiger partial charge in [-0.15, -0.1) is 0 Å². The van der Waals surface area contributed by atoms with Crippen molar-refractivity contribution < 1.29 is 9.59 Å². The van der Waals surface area contributed by atoms with Crippen LogP contribution in [0.25, 0.3) is 0 Å². The average Bonchev–Trinajstić information content (AvgIpc) is 3.30. The quantitative estimate of drug-likeness (QED) is 0.637. The Hall–Kier alpha value is -1.76. The fourth-order valence-electron chi connectivity index (χ4n) is 4.21. The second-order valence-electron chi connectivity index (χ2n) is 7.44. The van der Waals surface area contributed by atoms with E-state index in [1.54, 1.807) is 6.92 Å². The summed E-state index contributed by atoms with van der Waals surface area (Å²) < 4.78 is 0. The van der Waals surface area contributed by atoms with Crippen molar-refractivity contribution in [2.75, 3.05) is 19.6 Å². The summed E-state index contributed by atoms with van der Waals surface area (Å²) in [5, 5.41) is 3.14. The largest absolute Gasteiger partial charge is 0.356 e. The zero-order valence-corrected chi connectivity index (χ0v) is 14.7. The lowest BCUT2D eigenvalue weighted by molar-refractivity contribution is -0.127. The van der Waals surface area contributed by atoms with Crippen molar-refractivity contribution in [2.45, 2.75) is 58.3 Å². The molecular formula is C20H28N2O2. The van der Waals surface area contributed by atoms with E-state index < -0.39 is 0 Å². The number of hydrogen-bond donors (Lipinski definition) is 1. The molecule has 0 aromatic rings. The van der Waals surface area contributed by atoms with Crippen molar-refractivity contribution in [2.24, 2.45) is 11.3 Å². The van der Waals surface area contributed by atoms with Crippen molar-refractivity contribution in [3.8, 4) is 11.8 Å². The molecule has 0 aromatic heterocycles. The first-order valence-electron chi connectivity index (χ1n) is 9.32. The summed E-state index contributed by atoms with van der Waals surface area (Å²) in [5.41, 5.74) is 1.67. The van der Waals surface area contributed by atoms with Crippen molar-refractivity contribution >= 4 is 11.8 Å². The van der Waals surface area contributed by atoms with Gasteiger partial charge in [-0.05, 0) is 69.6 Å². The van der Waals surface area contributed by atoms with Crippen LogP contribution in [0.5, 0.6) is 0 Å².